The van der Waals surface area contributed by atoms with Crippen molar-refractivity contribution >= 4 is 11.9 Å². The lowest BCUT2D eigenvalue weighted by Crippen LogP contribution is -2.26. The quantitative estimate of drug-likeness (QED) is 0.650. The summed E-state index contributed by atoms with van der Waals surface area (Å²) in [6.45, 7) is 2.75. The Morgan fingerprint density at radius 2 is 2.06 bits per heavy atom. The van der Waals surface area contributed by atoms with Crippen molar-refractivity contribution < 1.29 is 14.7 Å². The summed E-state index contributed by atoms with van der Waals surface area (Å²) >= 11 is 0. The number of carbonyl (C=O) groups excluding carboxylic acids is 1. The highest BCUT2D eigenvalue weighted by molar-refractivity contribution is 5.76. The molecule has 4 heteroatoms. The summed E-state index contributed by atoms with van der Waals surface area (Å²) in [6, 6.07) is 0. The van der Waals surface area contributed by atoms with Crippen LogP contribution in [0.15, 0.2) is 0 Å². The van der Waals surface area contributed by atoms with E-state index in [1.54, 1.807) is 0 Å². The second kappa shape index (κ2) is 7.30. The summed E-state index contributed by atoms with van der Waals surface area (Å²) in [5.41, 5.74) is 0. The zero-order valence-corrected chi connectivity index (χ0v) is 10.6. The van der Waals surface area contributed by atoms with Crippen LogP contribution < -0.4 is 5.32 Å². The minimum absolute atomic E-state index is 0.153. The van der Waals surface area contributed by atoms with Gasteiger partial charge in [-0.2, -0.15) is 0 Å². The molecule has 98 valence electrons. The van der Waals surface area contributed by atoms with Crippen LogP contribution in [-0.2, 0) is 9.59 Å². The molecule has 1 unspecified atom stereocenters. The van der Waals surface area contributed by atoms with E-state index < -0.39 is 5.97 Å². The summed E-state index contributed by atoms with van der Waals surface area (Å²) < 4.78 is 0. The van der Waals surface area contributed by atoms with Gasteiger partial charge in [-0.1, -0.05) is 13.3 Å². The minimum Gasteiger partial charge on any atom is -0.481 e. The van der Waals surface area contributed by atoms with Crippen molar-refractivity contribution in [3.8, 4) is 0 Å². The lowest BCUT2D eigenvalue weighted by atomic mass is 9.96. The van der Waals surface area contributed by atoms with Gasteiger partial charge >= 0.3 is 5.97 Å². The number of hydrogen-bond acceptors (Lipinski definition) is 2. The zero-order valence-electron chi connectivity index (χ0n) is 10.6. The van der Waals surface area contributed by atoms with Crippen LogP contribution in [0.1, 0.15) is 51.9 Å². The first-order chi connectivity index (χ1) is 8.11. The van der Waals surface area contributed by atoms with E-state index in [4.69, 9.17) is 5.11 Å². The molecule has 17 heavy (non-hydrogen) atoms. The van der Waals surface area contributed by atoms with Crippen LogP contribution >= 0.6 is 0 Å². The first kappa shape index (κ1) is 14.0. The Balaban J connectivity index is 2.05. The molecule has 1 fully saturated rings. The number of aliphatic carboxylic acids is 1. The van der Waals surface area contributed by atoms with Crippen LogP contribution in [0.5, 0.6) is 0 Å². The average Bonchev–Trinajstić information content (AvgIpc) is 3.06. The Morgan fingerprint density at radius 1 is 1.35 bits per heavy atom. The van der Waals surface area contributed by atoms with E-state index in [-0.39, 0.29) is 12.3 Å². The molecule has 4 nitrogen and oxygen atoms in total. The molecule has 1 atom stereocenters. The standard InChI is InChI=1S/C13H23NO3/c1-2-10(5-6-13(16)17)7-8-14-12(15)9-11-3-4-11/h10-11H,2-9H2,1H3,(H,14,15)(H,16,17). The van der Waals surface area contributed by atoms with E-state index in [1.807, 2.05) is 0 Å². The van der Waals surface area contributed by atoms with E-state index in [0.717, 1.165) is 12.8 Å². The molecular weight excluding hydrogens is 218 g/mol. The fourth-order valence-corrected chi connectivity index (χ4v) is 1.95. The molecule has 0 saturated heterocycles. The maximum absolute atomic E-state index is 11.4. The van der Waals surface area contributed by atoms with Crippen LogP contribution in [0, 0.1) is 11.8 Å². The number of carboxylic acids is 1. The maximum atomic E-state index is 11.4. The van der Waals surface area contributed by atoms with Gasteiger partial charge in [-0.15, -0.1) is 0 Å². The topological polar surface area (TPSA) is 66.4 Å². The van der Waals surface area contributed by atoms with Gasteiger partial charge in [-0.3, -0.25) is 9.59 Å². The molecule has 0 spiro atoms. The maximum Gasteiger partial charge on any atom is 0.303 e. The van der Waals surface area contributed by atoms with Crippen LogP contribution in [0.3, 0.4) is 0 Å². The zero-order chi connectivity index (χ0) is 12.7. The largest absolute Gasteiger partial charge is 0.481 e. The highest BCUT2D eigenvalue weighted by Crippen LogP contribution is 2.32. The van der Waals surface area contributed by atoms with Crippen molar-refractivity contribution in [3.63, 3.8) is 0 Å². The molecule has 0 bridgehead atoms. The molecule has 2 N–H and O–H groups in total. The molecule has 0 heterocycles. The highest BCUT2D eigenvalue weighted by Gasteiger charge is 2.24. The molecule has 1 aliphatic carbocycles. The summed E-state index contributed by atoms with van der Waals surface area (Å²) in [4.78, 5) is 21.9. The third-order valence-corrected chi connectivity index (χ3v) is 3.39. The van der Waals surface area contributed by atoms with Gasteiger partial charge in [0, 0.05) is 19.4 Å². The fourth-order valence-electron chi connectivity index (χ4n) is 1.95. The van der Waals surface area contributed by atoms with E-state index in [0.29, 0.717) is 31.2 Å². The molecule has 0 aromatic rings. The number of rotatable bonds is 9. The van der Waals surface area contributed by atoms with Crippen molar-refractivity contribution in [1.82, 2.24) is 5.32 Å². The summed E-state index contributed by atoms with van der Waals surface area (Å²) in [6.07, 6.45) is 5.88. The minimum atomic E-state index is -0.735. The predicted octanol–water partition coefficient (Wildman–Crippen LogP) is 2.18. The number of amides is 1. The van der Waals surface area contributed by atoms with Gasteiger partial charge in [0.2, 0.25) is 5.91 Å². The van der Waals surface area contributed by atoms with E-state index >= 15 is 0 Å². The molecule has 0 aliphatic heterocycles. The van der Waals surface area contributed by atoms with Gasteiger partial charge < -0.3 is 10.4 Å². The first-order valence-electron chi connectivity index (χ1n) is 6.60. The lowest BCUT2D eigenvalue weighted by Gasteiger charge is -2.13. The summed E-state index contributed by atoms with van der Waals surface area (Å²) in [7, 11) is 0. The van der Waals surface area contributed by atoms with Crippen molar-refractivity contribution in [3.05, 3.63) is 0 Å². The number of nitrogens with one attached hydrogen (secondary N) is 1. The van der Waals surface area contributed by atoms with E-state index in [9.17, 15) is 9.59 Å². The van der Waals surface area contributed by atoms with Crippen LogP contribution in [0.25, 0.3) is 0 Å². The Kier molecular flexibility index (Phi) is 6.01. The number of carboxylic acid groups (broad SMARTS) is 1. The summed E-state index contributed by atoms with van der Waals surface area (Å²) in [5.74, 6) is 0.457. The van der Waals surface area contributed by atoms with Crippen LogP contribution in [0.4, 0.5) is 0 Å². The second-order valence-corrected chi connectivity index (χ2v) is 4.99. The van der Waals surface area contributed by atoms with Gasteiger partial charge in [0.15, 0.2) is 0 Å². The van der Waals surface area contributed by atoms with Gasteiger partial charge in [-0.05, 0) is 37.5 Å². The van der Waals surface area contributed by atoms with Gasteiger partial charge in [0.1, 0.15) is 0 Å². The molecule has 1 saturated carbocycles. The van der Waals surface area contributed by atoms with Crippen molar-refractivity contribution in [2.75, 3.05) is 6.54 Å². The monoisotopic (exact) mass is 241 g/mol. The van der Waals surface area contributed by atoms with Crippen molar-refractivity contribution in [2.45, 2.75) is 51.9 Å². The molecule has 0 aromatic heterocycles. The second-order valence-electron chi connectivity index (χ2n) is 4.99. The third-order valence-electron chi connectivity index (χ3n) is 3.39. The Labute approximate surface area is 103 Å². The number of carbonyl (C=O) groups is 2. The Hall–Kier alpha value is -1.06. The van der Waals surface area contributed by atoms with E-state index in [1.165, 1.54) is 12.8 Å². The highest BCUT2D eigenvalue weighted by atomic mass is 16.4. The SMILES string of the molecule is CCC(CCNC(=O)CC1CC1)CCC(=O)O. The Morgan fingerprint density at radius 3 is 2.59 bits per heavy atom. The number of hydrogen-bond donors (Lipinski definition) is 2. The van der Waals surface area contributed by atoms with Crippen molar-refractivity contribution in [2.24, 2.45) is 11.8 Å². The van der Waals surface area contributed by atoms with Crippen LogP contribution in [-0.4, -0.2) is 23.5 Å². The molecule has 1 amide bonds. The molecule has 0 aromatic carbocycles. The normalized spacial score (nSPS) is 16.5. The van der Waals surface area contributed by atoms with E-state index in [2.05, 4.69) is 12.2 Å². The Bertz CT molecular complexity index is 261. The average molecular weight is 241 g/mol. The fraction of sp³-hybridized carbons (Fsp3) is 0.846. The molecule has 1 aliphatic rings. The summed E-state index contributed by atoms with van der Waals surface area (Å²) in [5, 5.41) is 11.5. The van der Waals surface area contributed by atoms with Gasteiger partial charge in [0.05, 0.1) is 0 Å². The molecule has 1 rings (SSSR count). The van der Waals surface area contributed by atoms with Crippen molar-refractivity contribution in [1.29, 1.82) is 0 Å². The van der Waals surface area contributed by atoms with Gasteiger partial charge in [-0.25, -0.2) is 0 Å². The van der Waals surface area contributed by atoms with Crippen LogP contribution in [0.2, 0.25) is 0 Å². The molecular formula is C13H23NO3. The molecule has 0 radical (unpaired) electrons. The smallest absolute Gasteiger partial charge is 0.303 e. The lowest BCUT2D eigenvalue weighted by molar-refractivity contribution is -0.137. The third kappa shape index (κ3) is 6.97. The predicted molar refractivity (Wildman–Crippen MR) is 65.6 cm³/mol. The first-order valence-corrected chi connectivity index (χ1v) is 6.60. The van der Waals surface area contributed by atoms with Gasteiger partial charge in [0.25, 0.3) is 0 Å².